The molecule has 0 aliphatic carbocycles. The number of nitrogens with zero attached hydrogens (tertiary/aromatic N) is 2. The van der Waals surface area contributed by atoms with E-state index in [-0.39, 0.29) is 12.2 Å². The van der Waals surface area contributed by atoms with Crippen LogP contribution in [0, 0.1) is 5.82 Å². The van der Waals surface area contributed by atoms with Crippen LogP contribution in [0.3, 0.4) is 0 Å². The summed E-state index contributed by atoms with van der Waals surface area (Å²) in [5.74, 6) is 0.0227. The summed E-state index contributed by atoms with van der Waals surface area (Å²) in [7, 11) is 1.50. The van der Waals surface area contributed by atoms with Crippen molar-refractivity contribution in [1.82, 2.24) is 9.97 Å². The molecule has 2 N–H and O–H groups in total. The minimum Gasteiger partial charge on any atom is -0.496 e. The van der Waals surface area contributed by atoms with Gasteiger partial charge in [-0.25, -0.2) is 14.4 Å². The Balaban J connectivity index is 1.47. The number of nitrogens with one attached hydrogen (secondary N) is 1. The van der Waals surface area contributed by atoms with E-state index in [1.54, 1.807) is 30.3 Å². The number of anilines is 1. The first-order chi connectivity index (χ1) is 15.0. The number of rotatable bonds is 8. The SMILES string of the molecule is COc1cc(-c2cc(NCCc3ccc4sccc4c3F)ncn2)ccc1CC(=O)O. The van der Waals surface area contributed by atoms with Crippen LogP contribution < -0.4 is 10.1 Å². The fraction of sp³-hybridized carbons (Fsp3) is 0.174. The third kappa shape index (κ3) is 4.64. The van der Waals surface area contributed by atoms with Gasteiger partial charge in [0.15, 0.2) is 0 Å². The van der Waals surface area contributed by atoms with E-state index < -0.39 is 5.97 Å². The van der Waals surface area contributed by atoms with Gasteiger partial charge in [-0.05, 0) is 35.6 Å². The summed E-state index contributed by atoms with van der Waals surface area (Å²) in [6, 6.07) is 12.7. The van der Waals surface area contributed by atoms with Crippen molar-refractivity contribution in [3.63, 3.8) is 0 Å². The van der Waals surface area contributed by atoms with Crippen LogP contribution in [0.5, 0.6) is 5.75 Å². The van der Waals surface area contributed by atoms with Crippen molar-refractivity contribution in [2.75, 3.05) is 19.0 Å². The molecule has 0 atom stereocenters. The van der Waals surface area contributed by atoms with Crippen LogP contribution in [-0.4, -0.2) is 34.7 Å². The Hall–Kier alpha value is -3.52. The first-order valence-corrected chi connectivity index (χ1v) is 10.5. The van der Waals surface area contributed by atoms with Gasteiger partial charge < -0.3 is 15.2 Å². The topological polar surface area (TPSA) is 84.3 Å². The molecule has 0 bridgehead atoms. The number of carboxylic acids is 1. The van der Waals surface area contributed by atoms with Gasteiger partial charge in [0.2, 0.25) is 0 Å². The summed E-state index contributed by atoms with van der Waals surface area (Å²) in [5.41, 5.74) is 2.70. The molecule has 158 valence electrons. The van der Waals surface area contributed by atoms with Crippen LogP contribution >= 0.6 is 11.3 Å². The Bertz CT molecular complexity index is 1240. The van der Waals surface area contributed by atoms with Crippen molar-refractivity contribution >= 4 is 33.2 Å². The van der Waals surface area contributed by atoms with E-state index in [1.165, 1.54) is 24.8 Å². The first kappa shape index (κ1) is 20.7. The van der Waals surface area contributed by atoms with Gasteiger partial charge >= 0.3 is 5.97 Å². The van der Waals surface area contributed by atoms with Gasteiger partial charge in [0.05, 0.1) is 19.2 Å². The highest BCUT2D eigenvalue weighted by Crippen LogP contribution is 2.28. The lowest BCUT2D eigenvalue weighted by atomic mass is 10.1. The van der Waals surface area contributed by atoms with E-state index in [0.717, 1.165) is 10.3 Å². The molecule has 0 aliphatic rings. The standard InChI is InChI=1S/C23H20FN3O3S/c1-30-19-10-15(2-3-16(19)11-22(28)29)18-12-21(27-13-26-18)25-8-6-14-4-5-20-17(23(14)24)7-9-31-20/h2-5,7,9-10,12-13H,6,8,11H2,1H3,(H,28,29)(H,25,26,27). The molecule has 0 unspecified atom stereocenters. The van der Waals surface area contributed by atoms with E-state index in [0.29, 0.717) is 46.7 Å². The number of hydrogen-bond acceptors (Lipinski definition) is 6. The Morgan fingerprint density at radius 2 is 2.00 bits per heavy atom. The van der Waals surface area contributed by atoms with Crippen LogP contribution in [0.4, 0.5) is 10.2 Å². The molecule has 0 radical (unpaired) electrons. The number of halogens is 1. The summed E-state index contributed by atoms with van der Waals surface area (Å²) < 4.78 is 20.9. The molecule has 0 saturated heterocycles. The second-order valence-corrected chi connectivity index (χ2v) is 7.88. The summed E-state index contributed by atoms with van der Waals surface area (Å²) in [4.78, 5) is 19.5. The van der Waals surface area contributed by atoms with Crippen LogP contribution in [0.1, 0.15) is 11.1 Å². The van der Waals surface area contributed by atoms with Gasteiger partial charge in [-0.15, -0.1) is 11.3 Å². The number of methoxy groups -OCH3 is 1. The normalized spacial score (nSPS) is 10.9. The van der Waals surface area contributed by atoms with Crippen molar-refractivity contribution in [2.45, 2.75) is 12.8 Å². The second kappa shape index (κ2) is 9.09. The van der Waals surface area contributed by atoms with Crippen molar-refractivity contribution < 1.29 is 19.0 Å². The van der Waals surface area contributed by atoms with Crippen molar-refractivity contribution in [3.8, 4) is 17.0 Å². The van der Waals surface area contributed by atoms with Gasteiger partial charge in [-0.2, -0.15) is 0 Å². The van der Waals surface area contributed by atoms with Gasteiger partial charge in [-0.1, -0.05) is 18.2 Å². The number of ether oxygens (including phenoxy) is 1. The lowest BCUT2D eigenvalue weighted by molar-refractivity contribution is -0.136. The fourth-order valence-corrected chi connectivity index (χ4v) is 4.18. The highest BCUT2D eigenvalue weighted by atomic mass is 32.1. The molecule has 2 heterocycles. The smallest absolute Gasteiger partial charge is 0.307 e. The predicted octanol–water partition coefficient (Wildman–Crippen LogP) is 4.79. The van der Waals surface area contributed by atoms with Gasteiger partial charge in [-0.3, -0.25) is 4.79 Å². The quantitative estimate of drug-likeness (QED) is 0.412. The Morgan fingerprint density at radius 1 is 1.16 bits per heavy atom. The molecule has 0 aliphatic heterocycles. The maximum Gasteiger partial charge on any atom is 0.307 e. The highest BCUT2D eigenvalue weighted by Gasteiger charge is 2.11. The van der Waals surface area contributed by atoms with Gasteiger partial charge in [0.1, 0.15) is 23.7 Å². The molecule has 4 rings (SSSR count). The maximum absolute atomic E-state index is 14.6. The summed E-state index contributed by atoms with van der Waals surface area (Å²) >= 11 is 1.53. The van der Waals surface area contributed by atoms with E-state index in [1.807, 2.05) is 17.5 Å². The lowest BCUT2D eigenvalue weighted by Gasteiger charge is -2.11. The van der Waals surface area contributed by atoms with Crippen molar-refractivity contribution in [2.24, 2.45) is 0 Å². The minimum absolute atomic E-state index is 0.117. The zero-order chi connectivity index (χ0) is 21.8. The molecular weight excluding hydrogens is 417 g/mol. The number of fused-ring (bicyclic) bond motifs is 1. The fourth-order valence-electron chi connectivity index (χ4n) is 3.40. The van der Waals surface area contributed by atoms with E-state index in [2.05, 4.69) is 15.3 Å². The predicted molar refractivity (Wildman–Crippen MR) is 119 cm³/mol. The number of aromatic nitrogens is 2. The number of benzene rings is 2. The highest BCUT2D eigenvalue weighted by molar-refractivity contribution is 7.17. The monoisotopic (exact) mass is 437 g/mol. The number of thiophene rings is 1. The third-order valence-electron chi connectivity index (χ3n) is 4.94. The first-order valence-electron chi connectivity index (χ1n) is 9.64. The molecule has 0 spiro atoms. The Labute approximate surface area is 182 Å². The Morgan fingerprint density at radius 3 is 2.81 bits per heavy atom. The maximum atomic E-state index is 14.6. The van der Waals surface area contributed by atoms with Gasteiger partial charge in [0, 0.05) is 33.8 Å². The molecule has 0 amide bonds. The zero-order valence-corrected chi connectivity index (χ0v) is 17.6. The molecule has 31 heavy (non-hydrogen) atoms. The number of aliphatic carboxylic acids is 1. The molecule has 8 heteroatoms. The van der Waals surface area contributed by atoms with Gasteiger partial charge in [0.25, 0.3) is 0 Å². The van der Waals surface area contributed by atoms with Crippen molar-refractivity contribution in [3.05, 3.63) is 71.1 Å². The summed E-state index contributed by atoms with van der Waals surface area (Å²) in [6.45, 7) is 0.518. The molecule has 0 fully saturated rings. The summed E-state index contributed by atoms with van der Waals surface area (Å²) in [5, 5.41) is 14.8. The summed E-state index contributed by atoms with van der Waals surface area (Å²) in [6.07, 6.45) is 1.86. The minimum atomic E-state index is -0.922. The third-order valence-corrected chi connectivity index (χ3v) is 5.82. The molecule has 4 aromatic rings. The molecular formula is C23H20FN3O3S. The number of carbonyl (C=O) groups is 1. The number of carboxylic acid groups (broad SMARTS) is 1. The average molecular weight is 437 g/mol. The molecule has 6 nitrogen and oxygen atoms in total. The van der Waals surface area contributed by atoms with E-state index in [9.17, 15) is 9.18 Å². The molecule has 0 saturated carbocycles. The largest absolute Gasteiger partial charge is 0.496 e. The van der Waals surface area contributed by atoms with E-state index >= 15 is 0 Å². The average Bonchev–Trinajstić information content (AvgIpc) is 3.25. The van der Waals surface area contributed by atoms with Crippen molar-refractivity contribution in [1.29, 1.82) is 0 Å². The lowest BCUT2D eigenvalue weighted by Crippen LogP contribution is -2.08. The number of hydrogen-bond donors (Lipinski definition) is 2. The van der Waals surface area contributed by atoms with E-state index in [4.69, 9.17) is 9.84 Å². The van der Waals surface area contributed by atoms with Crippen LogP contribution in [0.2, 0.25) is 0 Å². The molecule has 2 aromatic heterocycles. The zero-order valence-electron chi connectivity index (χ0n) is 16.8. The molecule has 2 aromatic carbocycles. The van der Waals surface area contributed by atoms with Crippen LogP contribution in [0.25, 0.3) is 21.3 Å². The van der Waals surface area contributed by atoms with Crippen LogP contribution in [-0.2, 0) is 17.6 Å². The van der Waals surface area contributed by atoms with Crippen LogP contribution in [0.15, 0.2) is 54.2 Å². The second-order valence-electron chi connectivity index (χ2n) is 6.93. The Kier molecular flexibility index (Phi) is 6.08.